The van der Waals surface area contributed by atoms with E-state index < -0.39 is 0 Å². The average Bonchev–Trinajstić information content (AvgIpc) is 2.86. The Labute approximate surface area is 88.0 Å². The van der Waals surface area contributed by atoms with Crippen molar-refractivity contribution in [3.05, 3.63) is 12.4 Å². The van der Waals surface area contributed by atoms with E-state index in [1.165, 1.54) is 11.1 Å². The SMILES string of the molecule is O=C(Cn1ccnn1)NCC1CCCN1. The van der Waals surface area contributed by atoms with Gasteiger partial charge in [0.1, 0.15) is 6.54 Å². The van der Waals surface area contributed by atoms with Crippen molar-refractivity contribution in [1.29, 1.82) is 0 Å². The Kier molecular flexibility index (Phi) is 3.29. The highest BCUT2D eigenvalue weighted by molar-refractivity contribution is 5.75. The van der Waals surface area contributed by atoms with Gasteiger partial charge in [-0.3, -0.25) is 4.79 Å². The van der Waals surface area contributed by atoms with Crippen LogP contribution < -0.4 is 10.6 Å². The topological polar surface area (TPSA) is 71.8 Å². The van der Waals surface area contributed by atoms with Crippen LogP contribution in [0.3, 0.4) is 0 Å². The third kappa shape index (κ3) is 3.02. The molecule has 1 aromatic rings. The predicted octanol–water partition coefficient (Wildman–Crippen LogP) is -0.854. The normalized spacial score (nSPS) is 20.4. The molecule has 0 bridgehead atoms. The fourth-order valence-electron chi connectivity index (χ4n) is 1.69. The quantitative estimate of drug-likeness (QED) is 0.677. The van der Waals surface area contributed by atoms with Gasteiger partial charge in [-0.1, -0.05) is 5.21 Å². The van der Waals surface area contributed by atoms with E-state index >= 15 is 0 Å². The van der Waals surface area contributed by atoms with Crippen molar-refractivity contribution < 1.29 is 4.79 Å². The molecule has 0 radical (unpaired) electrons. The van der Waals surface area contributed by atoms with E-state index in [1.54, 1.807) is 12.4 Å². The van der Waals surface area contributed by atoms with E-state index in [0.29, 0.717) is 12.6 Å². The largest absolute Gasteiger partial charge is 0.353 e. The summed E-state index contributed by atoms with van der Waals surface area (Å²) < 4.78 is 1.51. The maximum Gasteiger partial charge on any atom is 0.241 e. The molecule has 6 heteroatoms. The van der Waals surface area contributed by atoms with Gasteiger partial charge in [-0.25, -0.2) is 4.68 Å². The second-order valence-corrected chi connectivity index (χ2v) is 3.70. The number of hydrogen-bond donors (Lipinski definition) is 2. The Bertz CT molecular complexity index is 304. The Balaban J connectivity index is 1.68. The number of nitrogens with one attached hydrogen (secondary N) is 2. The number of aromatic nitrogens is 3. The van der Waals surface area contributed by atoms with Gasteiger partial charge in [0.05, 0.1) is 6.20 Å². The zero-order chi connectivity index (χ0) is 10.5. The Hall–Kier alpha value is -1.43. The van der Waals surface area contributed by atoms with Gasteiger partial charge in [-0.05, 0) is 19.4 Å². The second kappa shape index (κ2) is 4.88. The summed E-state index contributed by atoms with van der Waals surface area (Å²) in [6.07, 6.45) is 5.58. The smallest absolute Gasteiger partial charge is 0.241 e. The van der Waals surface area contributed by atoms with E-state index in [0.717, 1.165) is 13.0 Å². The minimum Gasteiger partial charge on any atom is -0.353 e. The molecule has 0 aromatic carbocycles. The maximum atomic E-state index is 11.4. The first-order valence-electron chi connectivity index (χ1n) is 5.19. The summed E-state index contributed by atoms with van der Waals surface area (Å²) in [5, 5.41) is 13.6. The highest BCUT2D eigenvalue weighted by Crippen LogP contribution is 2.02. The molecule has 1 aliphatic heterocycles. The number of rotatable bonds is 4. The van der Waals surface area contributed by atoms with Crippen molar-refractivity contribution in [3.63, 3.8) is 0 Å². The number of amides is 1. The third-order valence-corrected chi connectivity index (χ3v) is 2.49. The highest BCUT2D eigenvalue weighted by Gasteiger charge is 2.14. The molecule has 0 saturated carbocycles. The van der Waals surface area contributed by atoms with Crippen molar-refractivity contribution in [3.8, 4) is 0 Å². The molecule has 1 atom stereocenters. The van der Waals surface area contributed by atoms with Crippen LogP contribution in [-0.4, -0.2) is 40.0 Å². The molecule has 1 unspecified atom stereocenters. The third-order valence-electron chi connectivity index (χ3n) is 2.49. The zero-order valence-electron chi connectivity index (χ0n) is 8.52. The number of carbonyl (C=O) groups is 1. The molecule has 6 nitrogen and oxygen atoms in total. The van der Waals surface area contributed by atoms with Crippen LogP contribution in [0.5, 0.6) is 0 Å². The summed E-state index contributed by atoms with van der Waals surface area (Å²) in [5.74, 6) is -0.0193. The first kappa shape index (κ1) is 10.1. The molecular weight excluding hydrogens is 194 g/mol. The lowest BCUT2D eigenvalue weighted by Gasteiger charge is -2.11. The lowest BCUT2D eigenvalue weighted by Crippen LogP contribution is -2.38. The number of hydrogen-bond acceptors (Lipinski definition) is 4. The van der Waals surface area contributed by atoms with Gasteiger partial charge in [0.2, 0.25) is 5.91 Å². The molecule has 2 heterocycles. The summed E-state index contributed by atoms with van der Waals surface area (Å²) in [7, 11) is 0. The summed E-state index contributed by atoms with van der Waals surface area (Å²) >= 11 is 0. The van der Waals surface area contributed by atoms with Gasteiger partial charge >= 0.3 is 0 Å². The molecule has 2 rings (SSSR count). The van der Waals surface area contributed by atoms with Crippen molar-refractivity contribution >= 4 is 5.91 Å². The fraction of sp³-hybridized carbons (Fsp3) is 0.667. The van der Waals surface area contributed by atoms with E-state index in [4.69, 9.17) is 0 Å². The van der Waals surface area contributed by atoms with Crippen LogP contribution in [0.2, 0.25) is 0 Å². The standard InChI is InChI=1S/C9H15N5O/c15-9(7-14-5-4-12-13-14)11-6-8-2-1-3-10-8/h4-5,8,10H,1-3,6-7H2,(H,11,15). The van der Waals surface area contributed by atoms with Crippen LogP contribution in [0.1, 0.15) is 12.8 Å². The summed E-state index contributed by atoms with van der Waals surface area (Å²) in [6, 6.07) is 0.435. The Morgan fingerprint density at radius 1 is 1.67 bits per heavy atom. The van der Waals surface area contributed by atoms with Gasteiger partial charge in [-0.15, -0.1) is 5.10 Å². The molecular formula is C9H15N5O. The summed E-state index contributed by atoms with van der Waals surface area (Å²) in [6.45, 7) is 2.00. The predicted molar refractivity (Wildman–Crippen MR) is 54.1 cm³/mol. The maximum absolute atomic E-state index is 11.4. The Morgan fingerprint density at radius 3 is 3.27 bits per heavy atom. The molecule has 0 aliphatic carbocycles. The molecule has 1 fully saturated rings. The van der Waals surface area contributed by atoms with Gasteiger partial charge in [0.25, 0.3) is 0 Å². The van der Waals surface area contributed by atoms with Gasteiger partial charge in [0, 0.05) is 18.8 Å². The molecule has 1 saturated heterocycles. The van der Waals surface area contributed by atoms with Crippen LogP contribution in [0, 0.1) is 0 Å². The van der Waals surface area contributed by atoms with Crippen molar-refractivity contribution in [2.75, 3.05) is 13.1 Å². The van der Waals surface area contributed by atoms with Crippen molar-refractivity contribution in [2.45, 2.75) is 25.4 Å². The minimum absolute atomic E-state index is 0.0193. The van der Waals surface area contributed by atoms with Gasteiger partial charge < -0.3 is 10.6 Å². The van der Waals surface area contributed by atoms with E-state index in [-0.39, 0.29) is 12.5 Å². The minimum atomic E-state index is -0.0193. The molecule has 1 aromatic heterocycles. The van der Waals surface area contributed by atoms with Gasteiger partial charge in [0.15, 0.2) is 0 Å². The van der Waals surface area contributed by atoms with Crippen LogP contribution in [0.25, 0.3) is 0 Å². The number of carbonyl (C=O) groups excluding carboxylic acids is 1. The van der Waals surface area contributed by atoms with Crippen molar-refractivity contribution in [1.82, 2.24) is 25.6 Å². The molecule has 1 amide bonds. The first-order chi connectivity index (χ1) is 7.34. The molecule has 2 N–H and O–H groups in total. The fourth-order valence-corrected chi connectivity index (χ4v) is 1.69. The van der Waals surface area contributed by atoms with Crippen LogP contribution in [0.15, 0.2) is 12.4 Å². The molecule has 15 heavy (non-hydrogen) atoms. The molecule has 82 valence electrons. The summed E-state index contributed by atoms with van der Waals surface area (Å²) in [4.78, 5) is 11.4. The first-order valence-corrected chi connectivity index (χ1v) is 5.19. The lowest BCUT2D eigenvalue weighted by molar-refractivity contribution is -0.121. The monoisotopic (exact) mass is 209 g/mol. The molecule has 1 aliphatic rings. The zero-order valence-corrected chi connectivity index (χ0v) is 8.52. The van der Waals surface area contributed by atoms with E-state index in [9.17, 15) is 4.79 Å². The lowest BCUT2D eigenvalue weighted by atomic mass is 10.2. The van der Waals surface area contributed by atoms with Crippen LogP contribution >= 0.6 is 0 Å². The molecule has 0 spiro atoms. The Morgan fingerprint density at radius 2 is 2.60 bits per heavy atom. The number of nitrogens with zero attached hydrogens (tertiary/aromatic N) is 3. The van der Waals surface area contributed by atoms with Crippen LogP contribution in [-0.2, 0) is 11.3 Å². The van der Waals surface area contributed by atoms with E-state index in [1.807, 2.05) is 0 Å². The highest BCUT2D eigenvalue weighted by atomic mass is 16.2. The average molecular weight is 209 g/mol. The summed E-state index contributed by atoms with van der Waals surface area (Å²) in [5.41, 5.74) is 0. The van der Waals surface area contributed by atoms with E-state index in [2.05, 4.69) is 20.9 Å². The van der Waals surface area contributed by atoms with Crippen molar-refractivity contribution in [2.24, 2.45) is 0 Å². The van der Waals surface area contributed by atoms with Crippen LogP contribution in [0.4, 0.5) is 0 Å². The van der Waals surface area contributed by atoms with Gasteiger partial charge in [-0.2, -0.15) is 0 Å². The second-order valence-electron chi connectivity index (χ2n) is 3.70.